The maximum atomic E-state index is 12.6. The fourth-order valence-corrected chi connectivity index (χ4v) is 3.00. The molecule has 0 N–H and O–H groups in total. The normalized spacial score (nSPS) is 15.1. The van der Waals surface area contributed by atoms with Crippen LogP contribution in [0.2, 0.25) is 0 Å². The summed E-state index contributed by atoms with van der Waals surface area (Å²) in [6, 6.07) is 11.4. The van der Waals surface area contributed by atoms with E-state index in [4.69, 9.17) is 8.94 Å². The molecule has 0 bridgehead atoms. The SMILES string of the molecule is CC(C)(C)c1ccc(C(=O)N2CC(c3nc(-c4ccco4)no3)C2)cc1. The third kappa shape index (κ3) is 3.03. The summed E-state index contributed by atoms with van der Waals surface area (Å²) in [5.41, 5.74) is 2.00. The van der Waals surface area contributed by atoms with Gasteiger partial charge in [0.1, 0.15) is 0 Å². The Morgan fingerprint density at radius 1 is 1.15 bits per heavy atom. The van der Waals surface area contributed by atoms with Gasteiger partial charge in [0.25, 0.3) is 5.91 Å². The first-order valence-electron chi connectivity index (χ1n) is 8.69. The van der Waals surface area contributed by atoms with E-state index in [1.807, 2.05) is 24.3 Å². The molecule has 6 nitrogen and oxygen atoms in total. The molecule has 3 heterocycles. The van der Waals surface area contributed by atoms with Crippen LogP contribution in [-0.2, 0) is 5.41 Å². The molecule has 2 aromatic heterocycles. The quantitative estimate of drug-likeness (QED) is 0.716. The molecule has 1 amide bonds. The Morgan fingerprint density at radius 3 is 2.50 bits per heavy atom. The standard InChI is InChI=1S/C20H21N3O3/c1-20(2,3)15-8-6-13(7-9-15)19(24)23-11-14(12-23)18-21-17(22-26-18)16-5-4-10-25-16/h4-10,14H,11-12H2,1-3H3. The van der Waals surface area contributed by atoms with Gasteiger partial charge >= 0.3 is 0 Å². The van der Waals surface area contributed by atoms with Gasteiger partial charge < -0.3 is 13.8 Å². The molecule has 0 unspecified atom stereocenters. The topological polar surface area (TPSA) is 72.4 Å². The number of benzene rings is 1. The lowest BCUT2D eigenvalue weighted by Gasteiger charge is -2.37. The summed E-state index contributed by atoms with van der Waals surface area (Å²) >= 11 is 0. The van der Waals surface area contributed by atoms with E-state index in [9.17, 15) is 4.79 Å². The van der Waals surface area contributed by atoms with Crippen molar-refractivity contribution >= 4 is 5.91 Å². The summed E-state index contributed by atoms with van der Waals surface area (Å²) in [4.78, 5) is 18.8. The summed E-state index contributed by atoms with van der Waals surface area (Å²) < 4.78 is 10.6. The van der Waals surface area contributed by atoms with Crippen molar-refractivity contribution in [1.82, 2.24) is 15.0 Å². The maximum Gasteiger partial charge on any atom is 0.253 e. The smallest absolute Gasteiger partial charge is 0.253 e. The van der Waals surface area contributed by atoms with Gasteiger partial charge in [0, 0.05) is 18.7 Å². The highest BCUT2D eigenvalue weighted by molar-refractivity contribution is 5.94. The minimum absolute atomic E-state index is 0.0347. The predicted molar refractivity (Wildman–Crippen MR) is 95.8 cm³/mol. The van der Waals surface area contributed by atoms with Crippen LogP contribution in [0.5, 0.6) is 0 Å². The first-order valence-corrected chi connectivity index (χ1v) is 8.69. The summed E-state index contributed by atoms with van der Waals surface area (Å²) in [6.07, 6.45) is 1.57. The van der Waals surface area contributed by atoms with Crippen LogP contribution in [0.4, 0.5) is 0 Å². The van der Waals surface area contributed by atoms with Crippen LogP contribution >= 0.6 is 0 Å². The third-order valence-electron chi connectivity index (χ3n) is 4.70. The summed E-state index contributed by atoms with van der Waals surface area (Å²) in [6.45, 7) is 7.64. The lowest BCUT2D eigenvalue weighted by atomic mass is 9.86. The van der Waals surface area contributed by atoms with Gasteiger partial charge in [-0.05, 0) is 35.2 Å². The summed E-state index contributed by atoms with van der Waals surface area (Å²) in [5.74, 6) is 1.67. The van der Waals surface area contributed by atoms with E-state index >= 15 is 0 Å². The Bertz CT molecular complexity index is 899. The number of rotatable bonds is 3. The largest absolute Gasteiger partial charge is 0.461 e. The highest BCUT2D eigenvalue weighted by Crippen LogP contribution is 2.29. The Labute approximate surface area is 151 Å². The van der Waals surface area contributed by atoms with Crippen molar-refractivity contribution in [3.63, 3.8) is 0 Å². The number of aromatic nitrogens is 2. The number of amides is 1. The average Bonchev–Trinajstić information content (AvgIpc) is 3.24. The highest BCUT2D eigenvalue weighted by Gasteiger charge is 2.36. The lowest BCUT2D eigenvalue weighted by Crippen LogP contribution is -2.48. The van der Waals surface area contributed by atoms with Gasteiger partial charge in [-0.3, -0.25) is 4.79 Å². The van der Waals surface area contributed by atoms with E-state index in [-0.39, 0.29) is 17.2 Å². The summed E-state index contributed by atoms with van der Waals surface area (Å²) in [7, 11) is 0. The number of carbonyl (C=O) groups is 1. The van der Waals surface area contributed by atoms with Crippen LogP contribution in [0.3, 0.4) is 0 Å². The molecule has 1 aromatic carbocycles. The van der Waals surface area contributed by atoms with Gasteiger partial charge in [0.05, 0.1) is 12.2 Å². The number of hydrogen-bond donors (Lipinski definition) is 0. The molecule has 6 heteroatoms. The Morgan fingerprint density at radius 2 is 1.88 bits per heavy atom. The number of carbonyl (C=O) groups excluding carboxylic acids is 1. The molecule has 1 aliphatic heterocycles. The van der Waals surface area contributed by atoms with Gasteiger partial charge in [-0.25, -0.2) is 0 Å². The molecule has 1 saturated heterocycles. The number of hydrogen-bond acceptors (Lipinski definition) is 5. The molecule has 0 radical (unpaired) electrons. The van der Waals surface area contributed by atoms with Gasteiger partial charge in [0.15, 0.2) is 5.76 Å². The average molecular weight is 351 g/mol. The highest BCUT2D eigenvalue weighted by atomic mass is 16.5. The first kappa shape index (κ1) is 16.6. The molecule has 1 fully saturated rings. The van der Waals surface area contributed by atoms with E-state index in [0.717, 1.165) is 0 Å². The fourth-order valence-electron chi connectivity index (χ4n) is 3.00. The lowest BCUT2D eigenvalue weighted by molar-refractivity contribution is 0.0569. The predicted octanol–water partition coefficient (Wildman–Crippen LogP) is 3.87. The molecule has 3 aromatic rings. The van der Waals surface area contributed by atoms with Gasteiger partial charge in [-0.15, -0.1) is 0 Å². The molecular weight excluding hydrogens is 330 g/mol. The van der Waals surface area contributed by atoms with E-state index in [0.29, 0.717) is 36.1 Å². The molecule has 0 saturated carbocycles. The first-order chi connectivity index (χ1) is 12.4. The minimum Gasteiger partial charge on any atom is -0.461 e. The van der Waals surface area contributed by atoms with Crippen LogP contribution < -0.4 is 0 Å². The van der Waals surface area contributed by atoms with Gasteiger partial charge in [-0.2, -0.15) is 4.98 Å². The van der Waals surface area contributed by atoms with Crippen LogP contribution in [0, 0.1) is 0 Å². The number of likely N-dealkylation sites (tertiary alicyclic amines) is 1. The van der Waals surface area contributed by atoms with E-state index in [2.05, 4.69) is 30.9 Å². The Balaban J connectivity index is 1.39. The Kier molecular flexibility index (Phi) is 3.90. The van der Waals surface area contributed by atoms with Crippen LogP contribution in [0.25, 0.3) is 11.6 Å². The van der Waals surface area contributed by atoms with Crippen molar-refractivity contribution < 1.29 is 13.7 Å². The van der Waals surface area contributed by atoms with Crippen molar-refractivity contribution in [3.05, 3.63) is 59.7 Å². The number of nitrogens with zero attached hydrogens (tertiary/aromatic N) is 3. The molecule has 1 aliphatic rings. The van der Waals surface area contributed by atoms with Crippen molar-refractivity contribution in [2.45, 2.75) is 32.1 Å². The van der Waals surface area contributed by atoms with Gasteiger partial charge in [-0.1, -0.05) is 38.1 Å². The fraction of sp³-hybridized carbons (Fsp3) is 0.350. The second kappa shape index (κ2) is 6.12. The molecule has 0 aliphatic carbocycles. The Hall–Kier alpha value is -2.89. The molecule has 134 valence electrons. The van der Waals surface area contributed by atoms with Crippen molar-refractivity contribution in [3.8, 4) is 11.6 Å². The third-order valence-corrected chi connectivity index (χ3v) is 4.70. The zero-order chi connectivity index (χ0) is 18.3. The molecular formula is C20H21N3O3. The molecule has 0 spiro atoms. The number of furan rings is 1. The van der Waals surface area contributed by atoms with E-state index in [1.165, 1.54) is 5.56 Å². The maximum absolute atomic E-state index is 12.6. The second-order valence-electron chi connectivity index (χ2n) is 7.67. The monoisotopic (exact) mass is 351 g/mol. The van der Waals surface area contributed by atoms with Crippen molar-refractivity contribution in [2.24, 2.45) is 0 Å². The zero-order valence-electron chi connectivity index (χ0n) is 15.1. The molecule has 4 rings (SSSR count). The van der Waals surface area contributed by atoms with E-state index in [1.54, 1.807) is 23.3 Å². The van der Waals surface area contributed by atoms with Crippen molar-refractivity contribution in [1.29, 1.82) is 0 Å². The van der Waals surface area contributed by atoms with Crippen LogP contribution in [0.15, 0.2) is 51.6 Å². The summed E-state index contributed by atoms with van der Waals surface area (Å²) in [5, 5.41) is 3.94. The van der Waals surface area contributed by atoms with Crippen LogP contribution in [-0.4, -0.2) is 34.0 Å². The van der Waals surface area contributed by atoms with Gasteiger partial charge in [0.2, 0.25) is 11.7 Å². The second-order valence-corrected chi connectivity index (χ2v) is 7.67. The van der Waals surface area contributed by atoms with E-state index < -0.39 is 0 Å². The van der Waals surface area contributed by atoms with Crippen molar-refractivity contribution in [2.75, 3.05) is 13.1 Å². The zero-order valence-corrected chi connectivity index (χ0v) is 15.1. The minimum atomic E-state index is 0.0347. The molecule has 0 atom stereocenters. The van der Waals surface area contributed by atoms with Crippen LogP contribution in [0.1, 0.15) is 48.5 Å². The molecule has 26 heavy (non-hydrogen) atoms.